The van der Waals surface area contributed by atoms with Crippen molar-refractivity contribution in [3.8, 4) is 0 Å². The van der Waals surface area contributed by atoms with Gasteiger partial charge in [0.25, 0.3) is 5.91 Å². The lowest BCUT2D eigenvalue weighted by atomic mass is 9.89. The maximum atomic E-state index is 12.7. The summed E-state index contributed by atoms with van der Waals surface area (Å²) in [5.74, 6) is 0.166. The Hall–Kier alpha value is -2.76. The molecular formula is C21H19F3N2O. The second-order valence-corrected chi connectivity index (χ2v) is 6.93. The van der Waals surface area contributed by atoms with Crippen LogP contribution in [0.1, 0.15) is 40.2 Å². The Bertz CT molecular complexity index is 951. The van der Waals surface area contributed by atoms with E-state index in [0.29, 0.717) is 24.6 Å². The van der Waals surface area contributed by atoms with Gasteiger partial charge >= 0.3 is 6.18 Å². The number of hydrogen-bond donors (Lipinski definition) is 1. The monoisotopic (exact) mass is 372 g/mol. The summed E-state index contributed by atoms with van der Waals surface area (Å²) in [7, 11) is 0. The first-order chi connectivity index (χ1) is 12.9. The molecule has 27 heavy (non-hydrogen) atoms. The van der Waals surface area contributed by atoms with Crippen molar-refractivity contribution < 1.29 is 18.0 Å². The number of fused-ring (bicyclic) bond motifs is 1. The number of aromatic nitrogens is 1. The minimum Gasteiger partial charge on any atom is -0.361 e. The van der Waals surface area contributed by atoms with Crippen LogP contribution in [0.4, 0.5) is 13.2 Å². The number of alkyl halides is 3. The molecule has 1 aliphatic rings. The Morgan fingerprint density at radius 2 is 1.67 bits per heavy atom. The number of para-hydroxylation sites is 1. The molecule has 0 spiro atoms. The van der Waals surface area contributed by atoms with E-state index >= 15 is 0 Å². The van der Waals surface area contributed by atoms with E-state index in [0.717, 1.165) is 30.5 Å². The molecule has 0 atom stereocenters. The first-order valence-electron chi connectivity index (χ1n) is 8.96. The summed E-state index contributed by atoms with van der Waals surface area (Å²) in [6.07, 6.45) is -0.662. The number of rotatable bonds is 2. The lowest BCUT2D eigenvalue weighted by molar-refractivity contribution is -0.137. The second-order valence-electron chi connectivity index (χ2n) is 6.93. The number of likely N-dealkylation sites (tertiary alicyclic amines) is 1. The smallest absolute Gasteiger partial charge is 0.361 e. The number of nitrogens with one attached hydrogen (secondary N) is 1. The van der Waals surface area contributed by atoms with Crippen molar-refractivity contribution in [1.29, 1.82) is 0 Å². The van der Waals surface area contributed by atoms with Crippen LogP contribution in [0, 0.1) is 0 Å². The molecule has 0 radical (unpaired) electrons. The van der Waals surface area contributed by atoms with Gasteiger partial charge in [-0.2, -0.15) is 13.2 Å². The highest BCUT2D eigenvalue weighted by atomic mass is 19.4. The van der Waals surface area contributed by atoms with Crippen LogP contribution in [0.15, 0.2) is 54.7 Å². The van der Waals surface area contributed by atoms with Gasteiger partial charge in [0.15, 0.2) is 0 Å². The number of nitrogens with zero attached hydrogens (tertiary/aromatic N) is 1. The van der Waals surface area contributed by atoms with Crippen LogP contribution in [0.3, 0.4) is 0 Å². The molecule has 2 heterocycles. The Balaban J connectivity index is 1.43. The summed E-state index contributed by atoms with van der Waals surface area (Å²) in [6, 6.07) is 12.6. The topological polar surface area (TPSA) is 36.1 Å². The zero-order valence-corrected chi connectivity index (χ0v) is 14.6. The van der Waals surface area contributed by atoms with Gasteiger partial charge in [-0.25, -0.2) is 0 Å². The number of piperidine rings is 1. The summed E-state index contributed by atoms with van der Waals surface area (Å²) >= 11 is 0. The number of H-pyrrole nitrogens is 1. The molecule has 1 fully saturated rings. The van der Waals surface area contributed by atoms with Crippen LogP contribution >= 0.6 is 0 Å². The van der Waals surface area contributed by atoms with Crippen LogP contribution in [0.5, 0.6) is 0 Å². The van der Waals surface area contributed by atoms with Gasteiger partial charge in [0.05, 0.1) is 5.56 Å². The van der Waals surface area contributed by atoms with Gasteiger partial charge in [-0.05, 0) is 54.7 Å². The first kappa shape index (κ1) is 17.6. The zero-order valence-electron chi connectivity index (χ0n) is 14.6. The fraction of sp³-hybridized carbons (Fsp3) is 0.286. The quantitative estimate of drug-likeness (QED) is 0.659. The van der Waals surface area contributed by atoms with E-state index in [4.69, 9.17) is 0 Å². The number of carbonyl (C=O) groups excluding carboxylic acids is 1. The van der Waals surface area contributed by atoms with Gasteiger partial charge < -0.3 is 9.88 Å². The number of aromatic amines is 1. The van der Waals surface area contributed by atoms with Crippen molar-refractivity contribution in [2.24, 2.45) is 0 Å². The standard InChI is InChI=1S/C21H19F3N2O/c22-21(23,24)16-7-5-15(6-8-16)20(27)26-11-9-14(10-12-26)18-13-25-19-4-2-1-3-17(18)19/h1-8,13-14,25H,9-12H2. The molecule has 4 rings (SSSR count). The molecule has 1 saturated heterocycles. The van der Waals surface area contributed by atoms with Crippen LogP contribution < -0.4 is 0 Å². The third-order valence-electron chi connectivity index (χ3n) is 5.30. The molecule has 2 aromatic carbocycles. The average molecular weight is 372 g/mol. The normalized spacial score (nSPS) is 16.0. The van der Waals surface area contributed by atoms with Gasteiger partial charge in [0, 0.05) is 35.8 Å². The van der Waals surface area contributed by atoms with E-state index in [2.05, 4.69) is 11.1 Å². The number of hydrogen-bond acceptors (Lipinski definition) is 1. The highest BCUT2D eigenvalue weighted by Gasteiger charge is 2.31. The number of amides is 1. The molecule has 1 aliphatic heterocycles. The molecular weight excluding hydrogens is 353 g/mol. The summed E-state index contributed by atoms with van der Waals surface area (Å²) < 4.78 is 38.0. The summed E-state index contributed by atoms with van der Waals surface area (Å²) in [5.41, 5.74) is 1.94. The van der Waals surface area contributed by atoms with Crippen molar-refractivity contribution in [2.75, 3.05) is 13.1 Å². The Kier molecular flexibility index (Phi) is 4.42. The molecule has 1 aromatic heterocycles. The predicted molar refractivity (Wildman–Crippen MR) is 97.6 cm³/mol. The Morgan fingerprint density at radius 1 is 1.00 bits per heavy atom. The average Bonchev–Trinajstić information content (AvgIpc) is 3.11. The maximum absolute atomic E-state index is 12.7. The minimum atomic E-state index is -4.39. The predicted octanol–water partition coefficient (Wildman–Crippen LogP) is 5.21. The molecule has 0 saturated carbocycles. The van der Waals surface area contributed by atoms with Gasteiger partial charge in [-0.15, -0.1) is 0 Å². The fourth-order valence-electron chi connectivity index (χ4n) is 3.81. The van der Waals surface area contributed by atoms with Crippen LogP contribution in [-0.4, -0.2) is 28.9 Å². The van der Waals surface area contributed by atoms with E-state index < -0.39 is 11.7 Å². The van der Waals surface area contributed by atoms with Gasteiger partial charge in [0.1, 0.15) is 0 Å². The highest BCUT2D eigenvalue weighted by molar-refractivity contribution is 5.94. The molecule has 3 aromatic rings. The third-order valence-corrected chi connectivity index (χ3v) is 5.30. The van der Waals surface area contributed by atoms with E-state index in [-0.39, 0.29) is 5.91 Å². The van der Waals surface area contributed by atoms with E-state index in [9.17, 15) is 18.0 Å². The third kappa shape index (κ3) is 3.44. The maximum Gasteiger partial charge on any atom is 0.416 e. The zero-order chi connectivity index (χ0) is 19.0. The first-order valence-corrected chi connectivity index (χ1v) is 8.96. The highest BCUT2D eigenvalue weighted by Crippen LogP contribution is 2.34. The molecule has 1 N–H and O–H groups in total. The summed E-state index contributed by atoms with van der Waals surface area (Å²) in [6.45, 7) is 1.20. The van der Waals surface area contributed by atoms with Crippen LogP contribution in [0.25, 0.3) is 10.9 Å². The number of halogens is 3. The lowest BCUT2D eigenvalue weighted by Crippen LogP contribution is -2.37. The molecule has 0 aliphatic carbocycles. The molecule has 0 bridgehead atoms. The molecule has 6 heteroatoms. The molecule has 140 valence electrons. The van der Waals surface area contributed by atoms with Crippen molar-refractivity contribution in [2.45, 2.75) is 24.9 Å². The van der Waals surface area contributed by atoms with E-state index in [1.54, 1.807) is 4.90 Å². The van der Waals surface area contributed by atoms with E-state index in [1.165, 1.54) is 23.1 Å². The van der Waals surface area contributed by atoms with Crippen molar-refractivity contribution in [3.63, 3.8) is 0 Å². The Morgan fingerprint density at radius 3 is 2.33 bits per heavy atom. The number of carbonyl (C=O) groups is 1. The lowest BCUT2D eigenvalue weighted by Gasteiger charge is -2.32. The summed E-state index contributed by atoms with van der Waals surface area (Å²) in [4.78, 5) is 17.6. The van der Waals surface area contributed by atoms with Crippen LogP contribution in [0.2, 0.25) is 0 Å². The minimum absolute atomic E-state index is 0.207. The van der Waals surface area contributed by atoms with Gasteiger partial charge in [-0.1, -0.05) is 18.2 Å². The van der Waals surface area contributed by atoms with Crippen molar-refractivity contribution in [1.82, 2.24) is 9.88 Å². The molecule has 3 nitrogen and oxygen atoms in total. The van der Waals surface area contributed by atoms with Gasteiger partial charge in [0.2, 0.25) is 0 Å². The summed E-state index contributed by atoms with van der Waals surface area (Å²) in [5, 5.41) is 1.21. The van der Waals surface area contributed by atoms with Gasteiger partial charge in [-0.3, -0.25) is 4.79 Å². The SMILES string of the molecule is O=C(c1ccc(C(F)(F)F)cc1)N1CCC(c2c[nH]c3ccccc23)CC1. The molecule has 0 unspecified atom stereocenters. The largest absolute Gasteiger partial charge is 0.416 e. The number of benzene rings is 2. The molecule has 1 amide bonds. The van der Waals surface area contributed by atoms with Crippen LogP contribution in [-0.2, 0) is 6.18 Å². The van der Waals surface area contributed by atoms with Crippen molar-refractivity contribution >= 4 is 16.8 Å². The Labute approximate surface area is 154 Å². The van der Waals surface area contributed by atoms with Crippen molar-refractivity contribution in [3.05, 3.63) is 71.4 Å². The second kappa shape index (κ2) is 6.76. The fourth-order valence-corrected chi connectivity index (χ4v) is 3.81. The van der Waals surface area contributed by atoms with E-state index in [1.807, 2.05) is 24.4 Å².